The zero-order chi connectivity index (χ0) is 27.0. The number of carbonyl (C=O) groups excluding carboxylic acids is 1. The number of nitrogens with one attached hydrogen (secondary N) is 2. The van der Waals surface area contributed by atoms with Crippen LogP contribution in [-0.4, -0.2) is 36.7 Å². The topological polar surface area (TPSA) is 122 Å². The lowest BCUT2D eigenvalue weighted by Gasteiger charge is -2.29. The molecule has 10 heteroatoms. The monoisotopic (exact) mass is 532 g/mol. The standard InChI is InChI=1S/C28H28N4O5S/c1-17-15-21(27-22(16-17)25(33)18(2)26(37-27)20-9-5-4-6-10-20)19(3)30-23-11-7-12-29-24(23)28(34)31-38(35,36)32-13-8-14-32/h4-7,9-12,15-16,19,30H,8,13-14H2,1-3H3,(H,31,34)/t19-/m1/s1. The Morgan fingerprint density at radius 2 is 1.82 bits per heavy atom. The smallest absolute Gasteiger partial charge is 0.304 e. The Balaban J connectivity index is 1.53. The van der Waals surface area contributed by atoms with Crippen LogP contribution in [-0.2, 0) is 10.2 Å². The molecule has 2 aromatic carbocycles. The van der Waals surface area contributed by atoms with E-state index in [-0.39, 0.29) is 11.1 Å². The molecule has 196 valence electrons. The van der Waals surface area contributed by atoms with E-state index < -0.39 is 22.2 Å². The van der Waals surface area contributed by atoms with E-state index in [1.807, 2.05) is 56.3 Å². The molecule has 0 unspecified atom stereocenters. The summed E-state index contributed by atoms with van der Waals surface area (Å²) in [6.07, 6.45) is 2.19. The summed E-state index contributed by atoms with van der Waals surface area (Å²) in [5.74, 6) is -0.326. The molecule has 3 heterocycles. The molecule has 1 saturated heterocycles. The number of aryl methyl sites for hydroxylation is 1. The van der Waals surface area contributed by atoms with Crippen LogP contribution in [0.25, 0.3) is 22.3 Å². The van der Waals surface area contributed by atoms with Gasteiger partial charge in [0.15, 0.2) is 11.1 Å². The number of aromatic nitrogens is 1. The van der Waals surface area contributed by atoms with E-state index in [9.17, 15) is 18.0 Å². The molecular formula is C28H28N4O5S. The van der Waals surface area contributed by atoms with Gasteiger partial charge in [0.1, 0.15) is 11.3 Å². The van der Waals surface area contributed by atoms with E-state index in [2.05, 4.69) is 15.0 Å². The molecule has 0 spiro atoms. The van der Waals surface area contributed by atoms with Gasteiger partial charge in [-0.25, -0.2) is 9.71 Å². The van der Waals surface area contributed by atoms with Crippen molar-refractivity contribution in [3.63, 3.8) is 0 Å². The number of hydrogen-bond acceptors (Lipinski definition) is 7. The lowest BCUT2D eigenvalue weighted by Crippen LogP contribution is -2.50. The fourth-order valence-electron chi connectivity index (χ4n) is 4.53. The van der Waals surface area contributed by atoms with E-state index >= 15 is 0 Å². The van der Waals surface area contributed by atoms with Crippen LogP contribution in [0.5, 0.6) is 0 Å². The lowest BCUT2D eigenvalue weighted by molar-refractivity contribution is 0.0973. The van der Waals surface area contributed by atoms with Crippen LogP contribution in [0, 0.1) is 13.8 Å². The summed E-state index contributed by atoms with van der Waals surface area (Å²) < 4.78 is 34.6. The molecule has 1 amide bonds. The van der Waals surface area contributed by atoms with Gasteiger partial charge in [-0.2, -0.15) is 12.7 Å². The molecule has 2 N–H and O–H groups in total. The quantitative estimate of drug-likeness (QED) is 0.363. The molecule has 1 atom stereocenters. The zero-order valence-corrected chi connectivity index (χ0v) is 22.1. The molecule has 0 aliphatic carbocycles. The van der Waals surface area contributed by atoms with Crippen molar-refractivity contribution in [2.45, 2.75) is 33.2 Å². The SMILES string of the molecule is Cc1cc([C@@H](C)Nc2cccnc2C(=O)NS(=O)(=O)N2CCC2)c2oc(-c3ccccc3)c(C)c(=O)c2c1. The van der Waals surface area contributed by atoms with Crippen LogP contribution >= 0.6 is 0 Å². The lowest BCUT2D eigenvalue weighted by atomic mass is 9.98. The highest BCUT2D eigenvalue weighted by Crippen LogP contribution is 2.32. The van der Waals surface area contributed by atoms with Gasteiger partial charge in [-0.15, -0.1) is 0 Å². The predicted molar refractivity (Wildman–Crippen MR) is 146 cm³/mol. The Kier molecular flexibility index (Phi) is 6.77. The first kappa shape index (κ1) is 25.6. The third kappa shape index (κ3) is 4.80. The molecule has 1 aliphatic rings. The molecule has 38 heavy (non-hydrogen) atoms. The van der Waals surface area contributed by atoms with Crippen LogP contribution in [0.3, 0.4) is 0 Å². The Morgan fingerprint density at radius 3 is 2.50 bits per heavy atom. The second-order valence-corrected chi connectivity index (χ2v) is 11.1. The van der Waals surface area contributed by atoms with E-state index in [1.165, 1.54) is 10.5 Å². The number of benzene rings is 2. The first-order valence-electron chi connectivity index (χ1n) is 12.3. The highest BCUT2D eigenvalue weighted by Gasteiger charge is 2.30. The Hall–Kier alpha value is -4.02. The molecule has 2 aromatic heterocycles. The van der Waals surface area contributed by atoms with Crippen molar-refractivity contribution in [3.8, 4) is 11.3 Å². The number of fused-ring (bicyclic) bond motifs is 1. The number of hydrogen-bond donors (Lipinski definition) is 2. The predicted octanol–water partition coefficient (Wildman–Crippen LogP) is 4.33. The molecule has 1 fully saturated rings. The van der Waals surface area contributed by atoms with Crippen LogP contribution in [0.15, 0.2) is 70.0 Å². The Morgan fingerprint density at radius 1 is 1.08 bits per heavy atom. The highest BCUT2D eigenvalue weighted by atomic mass is 32.2. The van der Waals surface area contributed by atoms with Crippen LogP contribution in [0.4, 0.5) is 5.69 Å². The van der Waals surface area contributed by atoms with Crippen molar-refractivity contribution >= 4 is 32.8 Å². The van der Waals surface area contributed by atoms with Crippen LogP contribution in [0.2, 0.25) is 0 Å². The molecule has 9 nitrogen and oxygen atoms in total. The number of carbonyl (C=O) groups is 1. The van der Waals surface area contributed by atoms with Crippen molar-refractivity contribution in [2.75, 3.05) is 18.4 Å². The van der Waals surface area contributed by atoms with Crippen molar-refractivity contribution in [1.82, 2.24) is 14.0 Å². The molecule has 0 radical (unpaired) electrons. The van der Waals surface area contributed by atoms with E-state index in [0.717, 1.165) is 23.1 Å². The van der Waals surface area contributed by atoms with Gasteiger partial charge >= 0.3 is 10.2 Å². The number of rotatable bonds is 7. The second kappa shape index (κ2) is 10.0. The Labute approximate surface area is 220 Å². The minimum atomic E-state index is -3.93. The van der Waals surface area contributed by atoms with Crippen LogP contribution < -0.4 is 15.5 Å². The summed E-state index contributed by atoms with van der Waals surface area (Å²) in [6.45, 7) is 6.29. The van der Waals surface area contributed by atoms with Gasteiger partial charge in [-0.05, 0) is 51.0 Å². The maximum absolute atomic E-state index is 13.4. The number of amides is 1. The van der Waals surface area contributed by atoms with E-state index in [1.54, 1.807) is 19.1 Å². The molecule has 0 saturated carbocycles. The van der Waals surface area contributed by atoms with Crippen LogP contribution in [0.1, 0.15) is 46.6 Å². The third-order valence-electron chi connectivity index (χ3n) is 6.67. The van der Waals surface area contributed by atoms with Crippen molar-refractivity contribution < 1.29 is 17.6 Å². The second-order valence-electron chi connectivity index (χ2n) is 9.44. The maximum atomic E-state index is 13.4. The zero-order valence-electron chi connectivity index (χ0n) is 21.3. The summed E-state index contributed by atoms with van der Waals surface area (Å²) in [5.41, 5.74) is 3.55. The third-order valence-corrected chi connectivity index (χ3v) is 8.15. The summed E-state index contributed by atoms with van der Waals surface area (Å²) in [4.78, 5) is 30.4. The van der Waals surface area contributed by atoms with Gasteiger partial charge in [0.2, 0.25) is 0 Å². The summed E-state index contributed by atoms with van der Waals surface area (Å²) >= 11 is 0. The van der Waals surface area contributed by atoms with Gasteiger partial charge in [0, 0.05) is 36.0 Å². The average Bonchev–Trinajstić information content (AvgIpc) is 2.85. The van der Waals surface area contributed by atoms with E-state index in [4.69, 9.17) is 4.42 Å². The highest BCUT2D eigenvalue weighted by molar-refractivity contribution is 7.87. The average molecular weight is 533 g/mol. The maximum Gasteiger partial charge on any atom is 0.304 e. The molecule has 0 bridgehead atoms. The van der Waals surface area contributed by atoms with Gasteiger partial charge < -0.3 is 9.73 Å². The minimum Gasteiger partial charge on any atom is -0.455 e. The van der Waals surface area contributed by atoms with Crippen molar-refractivity contribution in [2.24, 2.45) is 0 Å². The van der Waals surface area contributed by atoms with Gasteiger partial charge in [0.05, 0.1) is 17.1 Å². The fraction of sp³-hybridized carbons (Fsp3) is 0.250. The fourth-order valence-corrected chi connectivity index (χ4v) is 5.72. The van der Waals surface area contributed by atoms with Gasteiger partial charge in [-0.3, -0.25) is 9.59 Å². The molecule has 1 aliphatic heterocycles. The summed E-state index contributed by atoms with van der Waals surface area (Å²) in [7, 11) is -3.93. The molecule has 4 aromatic rings. The molecule has 5 rings (SSSR count). The molecular weight excluding hydrogens is 504 g/mol. The van der Waals surface area contributed by atoms with Gasteiger partial charge in [0.25, 0.3) is 5.91 Å². The van der Waals surface area contributed by atoms with Crippen molar-refractivity contribution in [1.29, 1.82) is 0 Å². The minimum absolute atomic E-state index is 0.0531. The number of pyridine rings is 1. The largest absolute Gasteiger partial charge is 0.455 e. The normalized spacial score (nSPS) is 14.6. The van der Waals surface area contributed by atoms with E-state index in [0.29, 0.717) is 41.1 Å². The Bertz CT molecular complexity index is 1700. The number of anilines is 1. The summed E-state index contributed by atoms with van der Waals surface area (Å²) in [5, 5.41) is 3.74. The number of nitrogens with zero attached hydrogens (tertiary/aromatic N) is 2. The van der Waals surface area contributed by atoms with Crippen molar-refractivity contribution in [3.05, 3.63) is 93.4 Å². The van der Waals surface area contributed by atoms with Gasteiger partial charge in [-0.1, -0.05) is 36.4 Å². The first-order chi connectivity index (χ1) is 18.2. The first-order valence-corrected chi connectivity index (χ1v) is 13.8. The summed E-state index contributed by atoms with van der Waals surface area (Å²) in [6, 6.07) is 16.1.